The summed E-state index contributed by atoms with van der Waals surface area (Å²) in [5, 5.41) is 52.3. The van der Waals surface area contributed by atoms with Crippen LogP contribution in [0.4, 0.5) is 0 Å². The second kappa shape index (κ2) is 47.4. The SMILES string of the molecule is CC(=O)N[C@@H](Cc1ccc(OP(=O)(O)O)cc1)C(=O)N[C@H](C(=O)NCC(=O)N[C@@H](CC(C)C)C(=O)NCCOCCOCCOCCOCCOCCOCC(=O)N[C@@H](Cc1ccc(OP(=O)(O)O)cc1)C(=O)N[C@@H](CCC(=O)O)C(=O)N[C@H](C(=O)N[C@@H](CC(C)C)C(N)=O)[C@@H](C)O)[C@@H](C)O. The number of phosphoric ester groups is 2. The Labute approximate surface area is 583 Å². The molecule has 0 aromatic heterocycles. The van der Waals surface area contributed by atoms with Gasteiger partial charge in [0.1, 0.15) is 60.4 Å². The summed E-state index contributed by atoms with van der Waals surface area (Å²) >= 11 is 0. The van der Waals surface area contributed by atoms with E-state index in [0.29, 0.717) is 11.1 Å². The summed E-state index contributed by atoms with van der Waals surface area (Å²) in [4.78, 5) is 179. The van der Waals surface area contributed by atoms with Crippen molar-refractivity contribution in [2.45, 2.75) is 141 Å². The molecule has 0 heterocycles. The van der Waals surface area contributed by atoms with Crippen molar-refractivity contribution in [2.24, 2.45) is 17.6 Å². The smallest absolute Gasteiger partial charge is 0.481 e. The minimum absolute atomic E-state index is 0.0222. The molecule has 38 nitrogen and oxygen atoms in total. The Hall–Kier alpha value is -7.81. The maximum absolute atomic E-state index is 13.9. The van der Waals surface area contributed by atoms with Gasteiger partial charge in [0.2, 0.25) is 59.1 Å². The molecular weight excluding hydrogens is 1380 g/mol. The summed E-state index contributed by atoms with van der Waals surface area (Å²) in [6.07, 6.45) is -4.30. The molecule has 0 aliphatic rings. The zero-order valence-corrected chi connectivity index (χ0v) is 59.1. The first-order valence-electron chi connectivity index (χ1n) is 32.1. The number of carbonyl (C=O) groups excluding carboxylic acids is 10. The minimum Gasteiger partial charge on any atom is -0.481 e. The number of aliphatic hydroxyl groups is 2. The quantitative estimate of drug-likeness (QED) is 0.0224. The summed E-state index contributed by atoms with van der Waals surface area (Å²) in [5.41, 5.74) is 6.19. The monoisotopic (exact) mass is 1480 g/mol. The number of carbonyl (C=O) groups is 11. The van der Waals surface area contributed by atoms with Crippen LogP contribution in [0.5, 0.6) is 11.5 Å². The molecule has 0 unspecified atom stereocenters. The Morgan fingerprint density at radius 2 is 0.832 bits per heavy atom. The van der Waals surface area contributed by atoms with E-state index in [0.717, 1.165) is 13.8 Å². The fourth-order valence-electron chi connectivity index (χ4n) is 8.98. The van der Waals surface area contributed by atoms with Gasteiger partial charge in [0.15, 0.2) is 0 Å². The third-order valence-corrected chi connectivity index (χ3v) is 14.6. The Balaban J connectivity index is 1.74. The second-order valence-electron chi connectivity index (χ2n) is 23.6. The largest absolute Gasteiger partial charge is 0.524 e. The lowest BCUT2D eigenvalue weighted by Crippen LogP contribution is -2.60. The van der Waals surface area contributed by atoms with E-state index >= 15 is 0 Å². The maximum atomic E-state index is 13.9. The molecule has 0 spiro atoms. The molecule has 10 amide bonds. The van der Waals surface area contributed by atoms with Crippen LogP contribution in [0.1, 0.15) is 85.3 Å². The first kappa shape index (κ1) is 89.3. The average Bonchev–Trinajstić information content (AvgIpc) is 0.861. The molecule has 0 aliphatic heterocycles. The van der Waals surface area contributed by atoms with Gasteiger partial charge < -0.3 is 106 Å². The van der Waals surface area contributed by atoms with Crippen molar-refractivity contribution in [3.05, 3.63) is 59.7 Å². The van der Waals surface area contributed by atoms with Crippen LogP contribution in [0.3, 0.4) is 0 Å². The van der Waals surface area contributed by atoms with Gasteiger partial charge in [-0.2, -0.15) is 0 Å². The van der Waals surface area contributed by atoms with Gasteiger partial charge in [0.25, 0.3) is 0 Å². The molecule has 18 N–H and O–H groups in total. The number of phosphoric acid groups is 2. The van der Waals surface area contributed by atoms with Crippen LogP contribution < -0.4 is 62.6 Å². The van der Waals surface area contributed by atoms with E-state index < -0.39 is 161 Å². The Bertz CT molecular complexity index is 3050. The molecule has 0 aliphatic carbocycles. The number of rotatable bonds is 53. The fraction of sp³-hybridized carbons (Fsp3) is 0.623. The molecule has 0 fully saturated rings. The highest BCUT2D eigenvalue weighted by molar-refractivity contribution is 7.47. The zero-order valence-electron chi connectivity index (χ0n) is 57.3. The molecule has 2 aromatic carbocycles. The minimum atomic E-state index is -4.93. The summed E-state index contributed by atoms with van der Waals surface area (Å²) in [6, 6.07) is 0.438. The number of amides is 10. The highest BCUT2D eigenvalue weighted by Gasteiger charge is 2.35. The van der Waals surface area contributed by atoms with Gasteiger partial charge in [-0.05, 0) is 80.3 Å². The summed E-state index contributed by atoms with van der Waals surface area (Å²) in [5.74, 6) is -10.4. The van der Waals surface area contributed by atoms with Crippen LogP contribution >= 0.6 is 15.6 Å². The highest BCUT2D eigenvalue weighted by atomic mass is 31.2. The Morgan fingerprint density at radius 1 is 0.446 bits per heavy atom. The number of hydrogen-bond acceptors (Lipinski definition) is 23. The number of nitrogens with one attached hydrogen (secondary N) is 9. The Kier molecular flexibility index (Phi) is 41.9. The third-order valence-electron chi connectivity index (χ3n) is 13.7. The van der Waals surface area contributed by atoms with Crippen LogP contribution in [0.2, 0.25) is 0 Å². The normalized spacial score (nSPS) is 14.2. The average molecular weight is 1480 g/mol. The molecule has 0 bridgehead atoms. The van der Waals surface area contributed by atoms with Crippen molar-refractivity contribution in [3.8, 4) is 11.5 Å². The van der Waals surface area contributed by atoms with E-state index in [9.17, 15) is 87.0 Å². The number of aliphatic hydroxyl groups excluding tert-OH is 2. The molecule has 2 rings (SSSR count). The standard InChI is InChI=1S/C61H98N10O28P2/c1-36(2)30-46(55(62)79)69-61(85)54(39(6)73)71-57(81)45(16-17-52(77)78)68-58(82)49(33-42-10-14-44(15-11-42)99-101(89,90)91)67-51(76)35-97-29-28-96-27-26-95-25-24-94-23-22-93-21-20-92-19-18-63-56(80)47(31-37(3)4)66-50(75)34-64-60(84)53(38(5)72)70-59(83)48(65-40(7)74)32-41-8-12-43(13-9-41)98-100(86,87)88/h8-15,36-39,45-49,53-54,72-73H,16-35H2,1-7H3,(H2,62,79)(H,63,80)(H,64,84)(H,65,74)(H,66,75)(H,67,76)(H,68,82)(H,69,85)(H,70,83)(H,71,81)(H,77,78)(H2,86,87,88)(H2,89,90,91)/t38-,39-,45+,46+,47+,48+,49+,53+,54+/m1/s1. The van der Waals surface area contributed by atoms with Crippen molar-refractivity contribution in [3.63, 3.8) is 0 Å². The molecule has 101 heavy (non-hydrogen) atoms. The number of primary amides is 1. The van der Waals surface area contributed by atoms with E-state index in [1.54, 1.807) is 13.8 Å². The van der Waals surface area contributed by atoms with Crippen molar-refractivity contribution >= 4 is 80.7 Å². The van der Waals surface area contributed by atoms with Crippen molar-refractivity contribution in [1.82, 2.24) is 47.9 Å². The predicted octanol–water partition coefficient (Wildman–Crippen LogP) is -3.64. The van der Waals surface area contributed by atoms with Crippen LogP contribution in [0, 0.1) is 11.8 Å². The fourth-order valence-corrected chi connectivity index (χ4v) is 9.78. The van der Waals surface area contributed by atoms with Gasteiger partial charge >= 0.3 is 21.6 Å². The number of benzene rings is 2. The third kappa shape index (κ3) is 41.0. The molecule has 570 valence electrons. The van der Waals surface area contributed by atoms with Crippen molar-refractivity contribution < 1.29 is 134 Å². The highest BCUT2D eigenvalue weighted by Crippen LogP contribution is 2.38. The number of nitrogens with two attached hydrogens (primary N) is 1. The van der Waals surface area contributed by atoms with Crippen LogP contribution in [0.25, 0.3) is 0 Å². The lowest BCUT2D eigenvalue weighted by atomic mass is 10.0. The van der Waals surface area contributed by atoms with Gasteiger partial charge in [-0.1, -0.05) is 52.0 Å². The summed E-state index contributed by atoms with van der Waals surface area (Å²) in [7, 11) is -9.76. The van der Waals surface area contributed by atoms with E-state index in [4.69, 9.17) is 43.9 Å². The van der Waals surface area contributed by atoms with E-state index in [2.05, 4.69) is 56.9 Å². The molecular formula is C61H98N10O28P2. The predicted molar refractivity (Wildman–Crippen MR) is 354 cm³/mol. The van der Waals surface area contributed by atoms with E-state index in [1.165, 1.54) is 55.5 Å². The van der Waals surface area contributed by atoms with Gasteiger partial charge in [-0.15, -0.1) is 0 Å². The first-order chi connectivity index (χ1) is 47.4. The van der Waals surface area contributed by atoms with Gasteiger partial charge in [-0.3, -0.25) is 72.3 Å². The second-order valence-corrected chi connectivity index (χ2v) is 26.0. The molecule has 0 saturated heterocycles. The number of ether oxygens (including phenoxy) is 6. The molecule has 9 atom stereocenters. The molecule has 2 aromatic rings. The van der Waals surface area contributed by atoms with E-state index in [1.807, 2.05) is 13.8 Å². The number of hydrogen-bond donors (Lipinski definition) is 17. The molecule has 0 saturated carbocycles. The van der Waals surface area contributed by atoms with Gasteiger partial charge in [-0.25, -0.2) is 9.13 Å². The van der Waals surface area contributed by atoms with Crippen LogP contribution in [-0.2, 0) is 103 Å². The zero-order chi connectivity index (χ0) is 75.8. The number of carboxylic acid groups (broad SMARTS) is 1. The van der Waals surface area contributed by atoms with Gasteiger partial charge in [0, 0.05) is 32.7 Å². The molecule has 0 radical (unpaired) electrons. The summed E-state index contributed by atoms with van der Waals surface area (Å²) < 4.78 is 64.5. The summed E-state index contributed by atoms with van der Waals surface area (Å²) in [6.45, 7) is 11.3. The lowest BCUT2D eigenvalue weighted by Gasteiger charge is -2.27. The first-order valence-corrected chi connectivity index (χ1v) is 35.1. The topological polar surface area (TPSA) is 572 Å². The van der Waals surface area contributed by atoms with Crippen LogP contribution in [-0.4, -0.2) is 247 Å². The van der Waals surface area contributed by atoms with E-state index in [-0.39, 0.29) is 128 Å². The lowest BCUT2D eigenvalue weighted by molar-refractivity contribution is -0.139. The number of carboxylic acids is 1. The number of aliphatic carboxylic acids is 1. The maximum Gasteiger partial charge on any atom is 0.524 e. The Morgan fingerprint density at radius 3 is 1.25 bits per heavy atom. The molecule has 40 heteroatoms. The van der Waals surface area contributed by atoms with Crippen molar-refractivity contribution in [2.75, 3.05) is 92.4 Å². The van der Waals surface area contributed by atoms with Crippen LogP contribution in [0.15, 0.2) is 48.5 Å². The van der Waals surface area contributed by atoms with Crippen molar-refractivity contribution in [1.29, 1.82) is 0 Å². The van der Waals surface area contributed by atoms with Gasteiger partial charge in [0.05, 0.1) is 91.4 Å².